The molecule has 3 aromatic rings. The Bertz CT molecular complexity index is 1030. The largest absolute Gasteiger partial charge is 0.489 e. The molecule has 0 bridgehead atoms. The van der Waals surface area contributed by atoms with E-state index in [9.17, 15) is 13.6 Å². The van der Waals surface area contributed by atoms with Crippen molar-refractivity contribution in [1.82, 2.24) is 15.2 Å². The predicted molar refractivity (Wildman–Crippen MR) is 104 cm³/mol. The van der Waals surface area contributed by atoms with Gasteiger partial charge in [0.25, 0.3) is 5.56 Å². The number of halogens is 3. The molecule has 150 valence electrons. The number of H-pyrrole nitrogens is 2. The van der Waals surface area contributed by atoms with Crippen molar-refractivity contribution >= 4 is 23.3 Å². The molecule has 0 unspecified atom stereocenters. The minimum Gasteiger partial charge on any atom is -0.489 e. The van der Waals surface area contributed by atoms with Crippen LogP contribution in [0.2, 0.25) is 0 Å². The second-order valence-corrected chi connectivity index (χ2v) is 6.61. The van der Waals surface area contributed by atoms with Crippen LogP contribution < -0.4 is 15.0 Å². The fourth-order valence-electron chi connectivity index (χ4n) is 3.19. The lowest BCUT2D eigenvalue weighted by Gasteiger charge is -2.14. The normalized spacial score (nSPS) is 13.6. The van der Waals surface area contributed by atoms with Crippen LogP contribution in [0.4, 0.5) is 8.78 Å². The third-order valence-electron chi connectivity index (χ3n) is 4.69. The number of ether oxygens (including phenoxy) is 2. The quantitative estimate of drug-likeness (QED) is 0.607. The zero-order valence-corrected chi connectivity index (χ0v) is 15.9. The maximum Gasteiger partial charge on any atom is 0.387 e. The van der Waals surface area contributed by atoms with Crippen LogP contribution in [0.15, 0.2) is 29.2 Å². The Morgan fingerprint density at radius 1 is 1.29 bits per heavy atom. The summed E-state index contributed by atoms with van der Waals surface area (Å²) in [4.78, 5) is 15.4. The zero-order valence-electron chi connectivity index (χ0n) is 15.1. The molecular formula is C19H20ClF2N3O3. The molecule has 4 rings (SSSR count). The molecule has 1 aliphatic rings. The van der Waals surface area contributed by atoms with Crippen molar-refractivity contribution < 1.29 is 18.3 Å². The standard InChI is InChI=1S/C19H19F2N3O3.ClH/c1-2-12-16-13(8-22-24-18(16)25)23-17(12)11-5-6-14(27-19(20)21)15(7-11)26-9-10-3-4-10;/h5-8,10,19,23H,2-4,9H2,1H3,(H,24,25);1H. The van der Waals surface area contributed by atoms with Gasteiger partial charge in [0, 0.05) is 5.56 Å². The predicted octanol–water partition coefficient (Wildman–Crippen LogP) is 4.29. The van der Waals surface area contributed by atoms with Gasteiger partial charge in [-0.25, -0.2) is 5.10 Å². The minimum atomic E-state index is -2.93. The molecule has 0 spiro atoms. The lowest BCUT2D eigenvalue weighted by Crippen LogP contribution is -2.07. The van der Waals surface area contributed by atoms with Crippen molar-refractivity contribution in [2.75, 3.05) is 6.61 Å². The molecule has 0 radical (unpaired) electrons. The molecule has 6 nitrogen and oxygen atoms in total. The monoisotopic (exact) mass is 411 g/mol. The van der Waals surface area contributed by atoms with E-state index in [2.05, 4.69) is 19.9 Å². The summed E-state index contributed by atoms with van der Waals surface area (Å²) in [5.41, 5.74) is 2.67. The van der Waals surface area contributed by atoms with Crippen LogP contribution in [0.25, 0.3) is 22.2 Å². The van der Waals surface area contributed by atoms with Gasteiger partial charge in [-0.05, 0) is 48.9 Å². The summed E-state index contributed by atoms with van der Waals surface area (Å²) in [5.74, 6) is 0.743. The third kappa shape index (κ3) is 3.96. The maximum absolute atomic E-state index is 12.7. The minimum absolute atomic E-state index is 0. The number of hydrogen-bond acceptors (Lipinski definition) is 4. The lowest BCUT2D eigenvalue weighted by atomic mass is 10.0. The molecular weight excluding hydrogens is 392 g/mol. The highest BCUT2D eigenvalue weighted by atomic mass is 35.5. The Balaban J connectivity index is 0.00000225. The van der Waals surface area contributed by atoms with Crippen LogP contribution in [0, 0.1) is 5.92 Å². The fourth-order valence-corrected chi connectivity index (χ4v) is 3.19. The first-order valence-electron chi connectivity index (χ1n) is 8.87. The zero-order chi connectivity index (χ0) is 19.0. The van der Waals surface area contributed by atoms with Gasteiger partial charge in [0.05, 0.1) is 29.4 Å². The summed E-state index contributed by atoms with van der Waals surface area (Å²) < 4.78 is 35.8. The number of aromatic nitrogens is 3. The second kappa shape index (κ2) is 8.18. The third-order valence-corrected chi connectivity index (χ3v) is 4.69. The molecule has 1 saturated carbocycles. The fraction of sp³-hybridized carbons (Fsp3) is 0.368. The van der Waals surface area contributed by atoms with Crippen LogP contribution in [-0.2, 0) is 6.42 Å². The van der Waals surface area contributed by atoms with E-state index in [4.69, 9.17) is 4.74 Å². The molecule has 2 N–H and O–H groups in total. The van der Waals surface area contributed by atoms with Crippen molar-refractivity contribution in [3.63, 3.8) is 0 Å². The van der Waals surface area contributed by atoms with Gasteiger partial charge in [0.1, 0.15) is 0 Å². The van der Waals surface area contributed by atoms with E-state index in [1.54, 1.807) is 18.3 Å². The number of alkyl halides is 2. The molecule has 9 heteroatoms. The highest BCUT2D eigenvalue weighted by Gasteiger charge is 2.24. The molecule has 0 aliphatic heterocycles. The van der Waals surface area contributed by atoms with Gasteiger partial charge in [0.2, 0.25) is 0 Å². The molecule has 0 amide bonds. The van der Waals surface area contributed by atoms with Crippen molar-refractivity contribution in [2.45, 2.75) is 32.8 Å². The van der Waals surface area contributed by atoms with Crippen LogP contribution in [0.5, 0.6) is 11.5 Å². The topological polar surface area (TPSA) is 80.0 Å². The molecule has 1 aliphatic carbocycles. The van der Waals surface area contributed by atoms with Gasteiger partial charge >= 0.3 is 6.61 Å². The summed E-state index contributed by atoms with van der Waals surface area (Å²) >= 11 is 0. The summed E-state index contributed by atoms with van der Waals surface area (Å²) in [6.45, 7) is -0.506. The van der Waals surface area contributed by atoms with Gasteiger partial charge in [0.15, 0.2) is 11.5 Å². The van der Waals surface area contributed by atoms with Crippen LogP contribution >= 0.6 is 12.4 Å². The van der Waals surface area contributed by atoms with Crippen molar-refractivity contribution in [3.05, 3.63) is 40.3 Å². The van der Waals surface area contributed by atoms with E-state index in [1.807, 2.05) is 6.92 Å². The number of aromatic amines is 2. The van der Waals surface area contributed by atoms with Gasteiger partial charge in [-0.3, -0.25) is 4.79 Å². The summed E-state index contributed by atoms with van der Waals surface area (Å²) in [6.07, 6.45) is 4.35. The molecule has 0 atom stereocenters. The Kier molecular flexibility index (Phi) is 5.88. The SMILES string of the molecule is CCc1c(-c2ccc(OC(F)F)c(OCC3CC3)c2)[nH]c2cn[nH]c(=O)c12.Cl. The second-order valence-electron chi connectivity index (χ2n) is 6.61. The lowest BCUT2D eigenvalue weighted by molar-refractivity contribution is -0.0515. The van der Waals surface area contributed by atoms with E-state index in [1.165, 1.54) is 6.07 Å². The van der Waals surface area contributed by atoms with Gasteiger partial charge < -0.3 is 14.5 Å². The average molecular weight is 412 g/mol. The smallest absolute Gasteiger partial charge is 0.387 e. The van der Waals surface area contributed by atoms with Crippen molar-refractivity contribution in [3.8, 4) is 22.8 Å². The molecule has 2 aromatic heterocycles. The number of benzene rings is 1. The van der Waals surface area contributed by atoms with Gasteiger partial charge in [-0.15, -0.1) is 12.4 Å². The number of nitrogens with one attached hydrogen (secondary N) is 2. The first-order chi connectivity index (χ1) is 13.1. The molecule has 28 heavy (non-hydrogen) atoms. The van der Waals surface area contributed by atoms with Crippen molar-refractivity contribution in [2.24, 2.45) is 5.92 Å². The van der Waals surface area contributed by atoms with E-state index >= 15 is 0 Å². The van der Waals surface area contributed by atoms with E-state index in [-0.39, 0.29) is 29.5 Å². The number of fused-ring (bicyclic) bond motifs is 1. The number of hydrogen-bond donors (Lipinski definition) is 2. The number of nitrogens with zero attached hydrogens (tertiary/aromatic N) is 1. The Labute approximate surface area is 165 Å². The summed E-state index contributed by atoms with van der Waals surface area (Å²) in [5, 5.41) is 6.81. The summed E-state index contributed by atoms with van der Waals surface area (Å²) in [6, 6.07) is 4.82. The van der Waals surface area contributed by atoms with Gasteiger partial charge in [-0.1, -0.05) is 6.92 Å². The molecule has 0 saturated heterocycles. The van der Waals surface area contributed by atoms with Crippen LogP contribution in [0.3, 0.4) is 0 Å². The number of aryl methyl sites for hydroxylation is 1. The van der Waals surface area contributed by atoms with E-state index < -0.39 is 6.61 Å². The summed E-state index contributed by atoms with van der Waals surface area (Å²) in [7, 11) is 0. The van der Waals surface area contributed by atoms with Gasteiger partial charge in [-0.2, -0.15) is 13.9 Å². The van der Waals surface area contributed by atoms with Crippen LogP contribution in [-0.4, -0.2) is 28.4 Å². The average Bonchev–Trinajstić information content (AvgIpc) is 3.39. The highest BCUT2D eigenvalue weighted by Crippen LogP contribution is 2.38. The Morgan fingerprint density at radius 2 is 2.07 bits per heavy atom. The Morgan fingerprint density at radius 3 is 2.75 bits per heavy atom. The number of rotatable bonds is 7. The molecule has 1 fully saturated rings. The highest BCUT2D eigenvalue weighted by molar-refractivity contribution is 5.89. The maximum atomic E-state index is 12.7. The first kappa shape index (κ1) is 20.1. The van der Waals surface area contributed by atoms with E-state index in [0.717, 1.165) is 29.7 Å². The van der Waals surface area contributed by atoms with Crippen LogP contribution in [0.1, 0.15) is 25.3 Å². The molecule has 2 heterocycles. The molecule has 1 aromatic carbocycles. The first-order valence-corrected chi connectivity index (χ1v) is 8.87. The van der Waals surface area contributed by atoms with E-state index in [0.29, 0.717) is 29.8 Å². The van der Waals surface area contributed by atoms with Crippen molar-refractivity contribution in [1.29, 1.82) is 0 Å². The Hall–Kier alpha value is -2.61.